The smallest absolute Gasteiger partial charge is 0.493 e. The van der Waals surface area contributed by atoms with Gasteiger partial charge < -0.3 is 19.4 Å². The van der Waals surface area contributed by atoms with E-state index in [2.05, 4.69) is 104 Å². The van der Waals surface area contributed by atoms with E-state index in [4.69, 9.17) is 0 Å². The number of nitrogens with zero attached hydrogens (tertiary/aromatic N) is 2. The molecule has 2 aromatic carbocycles. The van der Waals surface area contributed by atoms with Crippen LogP contribution in [0.15, 0.2) is 59.7 Å². The van der Waals surface area contributed by atoms with E-state index in [1.54, 1.807) is 4.70 Å². The van der Waals surface area contributed by atoms with Crippen LogP contribution >= 0.6 is 0 Å². The fraction of sp³-hybridized carbons (Fsp3) is 0.763. The van der Waals surface area contributed by atoms with Gasteiger partial charge in [0, 0.05) is 22.3 Å². The summed E-state index contributed by atoms with van der Waals surface area (Å²) in [6.07, 6.45) is 70.7. The molecule has 0 spiro atoms. The first kappa shape index (κ1) is 77.2. The Morgan fingerprint density at radius 1 is 0.291 bits per heavy atom. The van der Waals surface area contributed by atoms with E-state index in [9.17, 15) is 5.53 Å². The number of benzene rings is 2. The molecular weight excluding hydrogens is 1050 g/mol. The second-order valence-electron chi connectivity index (χ2n) is 24.2. The molecule has 2 aromatic rings. The van der Waals surface area contributed by atoms with Gasteiger partial charge in [-0.05, 0) is 86.8 Å². The number of unbranched alkanes of at least 4 members (excludes halogenated alkanes) is 42. The Kier molecular flexibility index (Phi) is 58.0. The van der Waals surface area contributed by atoms with Crippen LogP contribution in [0.4, 0.5) is 0 Å². The molecule has 458 valence electrons. The van der Waals surface area contributed by atoms with Gasteiger partial charge in [-0.3, -0.25) is 0 Å². The van der Waals surface area contributed by atoms with Crippen molar-refractivity contribution >= 4 is 11.4 Å². The molecule has 79 heavy (non-hydrogen) atoms. The minimum absolute atomic E-state index is 0. The van der Waals surface area contributed by atoms with E-state index in [0.29, 0.717) is 0 Å². The molecule has 0 saturated carbocycles. The van der Waals surface area contributed by atoms with Crippen LogP contribution in [0.1, 0.15) is 385 Å². The summed E-state index contributed by atoms with van der Waals surface area (Å²) in [4.78, 5) is 0. The van der Waals surface area contributed by atoms with Crippen molar-refractivity contribution in [3.8, 4) is 0 Å². The molecule has 1 heterocycles. The zero-order valence-corrected chi connectivity index (χ0v) is 55.6. The SMILES string of the molecule is CCCCCCc1cccc(C2=C(CCCCC)C(CCCC)=C(c3ccc(CCCCC)cc3)[N+]2=[N-])c1.[CH2-]CCCCCCCCCCCCCCCCCCC.[CH2-]CCCCCCCCCCCCCCCCCCC.[Pd+2]. The van der Waals surface area contributed by atoms with Gasteiger partial charge in [0.05, 0.1) is 0 Å². The molecule has 0 radical (unpaired) electrons. The van der Waals surface area contributed by atoms with E-state index in [1.165, 1.54) is 305 Å². The van der Waals surface area contributed by atoms with Gasteiger partial charge in [-0.25, -0.2) is 4.70 Å². The Morgan fingerprint density at radius 2 is 0.570 bits per heavy atom. The molecule has 0 fully saturated rings. The van der Waals surface area contributed by atoms with Gasteiger partial charge >= 0.3 is 20.4 Å². The van der Waals surface area contributed by atoms with Crippen molar-refractivity contribution in [2.75, 3.05) is 0 Å². The van der Waals surface area contributed by atoms with Gasteiger partial charge in [-0.2, -0.15) is 12.8 Å². The zero-order valence-electron chi connectivity index (χ0n) is 54.0. The van der Waals surface area contributed by atoms with E-state index in [-0.39, 0.29) is 20.4 Å². The average molecular weight is 1180 g/mol. The normalized spacial score (nSPS) is 12.2. The van der Waals surface area contributed by atoms with Crippen LogP contribution in [0.3, 0.4) is 0 Å². The van der Waals surface area contributed by atoms with Gasteiger partial charge in [0.15, 0.2) is 0 Å². The fourth-order valence-corrected chi connectivity index (χ4v) is 11.5. The minimum Gasteiger partial charge on any atom is -0.493 e. The quantitative estimate of drug-likeness (QED) is 0.0273. The summed E-state index contributed by atoms with van der Waals surface area (Å²) in [5.41, 5.74) is 21.7. The summed E-state index contributed by atoms with van der Waals surface area (Å²) >= 11 is 0. The summed E-state index contributed by atoms with van der Waals surface area (Å²) in [5, 5.41) is 0. The molecule has 3 heteroatoms. The van der Waals surface area contributed by atoms with Crippen molar-refractivity contribution in [3.05, 3.63) is 101 Å². The Balaban J connectivity index is 0.00000126. The van der Waals surface area contributed by atoms with E-state index in [0.717, 1.165) is 73.9 Å². The second-order valence-corrected chi connectivity index (χ2v) is 24.2. The molecule has 0 saturated heterocycles. The number of allylic oxidation sites excluding steroid dienone is 2. The third kappa shape index (κ3) is 41.8. The molecule has 0 aliphatic carbocycles. The number of aryl methyl sites for hydroxylation is 2. The van der Waals surface area contributed by atoms with E-state index in [1.807, 2.05) is 0 Å². The Hall–Kier alpha value is -1.82. The molecule has 1 aliphatic rings. The van der Waals surface area contributed by atoms with Crippen molar-refractivity contribution in [3.63, 3.8) is 0 Å². The summed E-state index contributed by atoms with van der Waals surface area (Å²) in [6.45, 7) is 21.4. The average Bonchev–Trinajstić information content (AvgIpc) is 3.81. The molecular formula is C76H134N2Pd. The second kappa shape index (κ2) is 59.3. The predicted octanol–water partition coefficient (Wildman–Crippen LogP) is 27.2. The summed E-state index contributed by atoms with van der Waals surface area (Å²) in [5.74, 6) is 0. The maximum atomic E-state index is 11.8. The first-order valence-electron chi connectivity index (χ1n) is 35.2. The first-order valence-corrected chi connectivity index (χ1v) is 35.2. The van der Waals surface area contributed by atoms with Gasteiger partial charge in [-0.1, -0.05) is 335 Å². The van der Waals surface area contributed by atoms with Crippen molar-refractivity contribution in [1.29, 1.82) is 0 Å². The molecule has 2 nitrogen and oxygen atoms in total. The van der Waals surface area contributed by atoms with Crippen molar-refractivity contribution < 1.29 is 25.1 Å². The van der Waals surface area contributed by atoms with Crippen LogP contribution in [0.2, 0.25) is 0 Å². The van der Waals surface area contributed by atoms with Crippen LogP contribution in [0, 0.1) is 13.8 Å². The van der Waals surface area contributed by atoms with Crippen LogP contribution < -0.4 is 0 Å². The standard InChI is InChI=1S/C36H52N2.2C20H41.Pd/c1-5-9-13-16-19-30-20-17-21-32(28-30)36-34(23-15-11-7-3)33(22-12-8-4)35(38(36)37)31-26-24-29(25-27-31)18-14-10-6-2;2*1-3-5-7-9-11-13-15-17-19-20-18-16-14-12-10-8-6-4-2;/h17,20-21,24-28H,5-16,18-19,22-23H2,1-4H3;2*1,3-20H2,2H3;/q;2*-1;+2. The van der Waals surface area contributed by atoms with Gasteiger partial charge in [0.25, 0.3) is 0 Å². The Bertz CT molecular complexity index is 1600. The monoisotopic (exact) mass is 1180 g/mol. The Labute approximate surface area is 510 Å². The van der Waals surface area contributed by atoms with Gasteiger partial charge in [0.1, 0.15) is 0 Å². The molecule has 0 atom stereocenters. The molecule has 0 unspecified atom stereocenters. The first-order chi connectivity index (χ1) is 38.5. The fourth-order valence-electron chi connectivity index (χ4n) is 11.5. The molecule has 1 aliphatic heterocycles. The van der Waals surface area contributed by atoms with Gasteiger partial charge in [-0.15, -0.1) is 0 Å². The third-order valence-electron chi connectivity index (χ3n) is 16.7. The third-order valence-corrected chi connectivity index (χ3v) is 16.7. The number of rotatable bonds is 52. The van der Waals surface area contributed by atoms with Crippen LogP contribution in [0.5, 0.6) is 0 Å². The van der Waals surface area contributed by atoms with Crippen LogP contribution in [-0.4, -0.2) is 4.70 Å². The summed E-state index contributed by atoms with van der Waals surface area (Å²) in [6, 6.07) is 18.0. The summed E-state index contributed by atoms with van der Waals surface area (Å²) < 4.78 is 1.55. The van der Waals surface area contributed by atoms with Crippen molar-refractivity contribution in [2.24, 2.45) is 0 Å². The maximum Gasteiger partial charge on any atom is 2.00 e. The van der Waals surface area contributed by atoms with Crippen molar-refractivity contribution in [1.82, 2.24) is 0 Å². The molecule has 0 bridgehead atoms. The molecule has 0 N–H and O–H groups in total. The largest absolute Gasteiger partial charge is 2.00 e. The maximum absolute atomic E-state index is 11.8. The van der Waals surface area contributed by atoms with E-state index < -0.39 is 0 Å². The number of hydrogen-bond acceptors (Lipinski definition) is 0. The molecule has 0 amide bonds. The minimum atomic E-state index is 0. The number of hydrogen-bond donors (Lipinski definition) is 0. The summed E-state index contributed by atoms with van der Waals surface area (Å²) in [7, 11) is 0. The Morgan fingerprint density at radius 3 is 0.937 bits per heavy atom. The van der Waals surface area contributed by atoms with Gasteiger partial charge in [0.2, 0.25) is 11.4 Å². The van der Waals surface area contributed by atoms with Crippen LogP contribution in [0.25, 0.3) is 16.9 Å². The zero-order chi connectivity index (χ0) is 56.6. The molecule has 0 aromatic heterocycles. The topological polar surface area (TPSA) is 25.3 Å². The van der Waals surface area contributed by atoms with Crippen LogP contribution in [-0.2, 0) is 33.3 Å². The van der Waals surface area contributed by atoms with Crippen molar-refractivity contribution in [2.45, 2.75) is 375 Å². The molecule has 3 rings (SSSR count). The predicted molar refractivity (Wildman–Crippen MR) is 353 cm³/mol. The van der Waals surface area contributed by atoms with E-state index >= 15 is 0 Å².